The van der Waals surface area contributed by atoms with Crippen molar-refractivity contribution in [2.45, 2.75) is 184 Å². The number of nitrogen functional groups attached to an aromatic ring is 3. The van der Waals surface area contributed by atoms with Gasteiger partial charge in [0.1, 0.15) is 60.5 Å². The molecule has 0 aliphatic carbocycles. The molecule has 454 valence electrons. The summed E-state index contributed by atoms with van der Waals surface area (Å²) in [5, 5.41) is 13.9. The molecular weight excluding hydrogens is 1130 g/mol. The molecule has 33 heteroatoms. The monoisotopic (exact) mass is 1200 g/mol. The number of imidazole rings is 3. The zero-order chi connectivity index (χ0) is 58.5. The van der Waals surface area contributed by atoms with Gasteiger partial charge in [0.25, 0.3) is 0 Å². The summed E-state index contributed by atoms with van der Waals surface area (Å²) in [4.78, 5) is 85.1. The van der Waals surface area contributed by atoms with Crippen LogP contribution in [0.3, 0.4) is 0 Å². The van der Waals surface area contributed by atoms with Gasteiger partial charge in [-0.25, -0.2) is 54.0 Å². The average Bonchev–Trinajstić information content (AvgIpc) is 4.01. The van der Waals surface area contributed by atoms with Gasteiger partial charge in [-0.3, -0.25) is 41.4 Å². The molecule has 0 saturated carbocycles. The second-order valence-electron chi connectivity index (χ2n) is 20.9. The highest BCUT2D eigenvalue weighted by molar-refractivity contribution is 7.47. The minimum Gasteiger partial charge on any atom is -0.463 e. The second-order valence-corrected chi connectivity index (χ2v) is 23.7. The van der Waals surface area contributed by atoms with Crippen molar-refractivity contribution in [3.63, 3.8) is 0 Å². The lowest BCUT2D eigenvalue weighted by Gasteiger charge is -2.23. The number of hydrogen-bond acceptors (Lipinski definition) is 25. The molecule has 9 heterocycles. The summed E-state index contributed by atoms with van der Waals surface area (Å²) in [7, 11) is -10.0. The van der Waals surface area contributed by atoms with Crippen molar-refractivity contribution in [3.8, 4) is 0 Å². The molecule has 10 N–H and O–H groups in total. The second kappa shape index (κ2) is 28.8. The molecule has 0 bridgehead atoms. The number of carbonyl (C=O) groups excluding carboxylic acids is 2. The molecule has 3 fully saturated rings. The van der Waals surface area contributed by atoms with Crippen LogP contribution in [0.15, 0.2) is 38.0 Å². The van der Waals surface area contributed by atoms with E-state index in [0.29, 0.717) is 43.4 Å². The van der Waals surface area contributed by atoms with Crippen LogP contribution in [0.2, 0.25) is 0 Å². The van der Waals surface area contributed by atoms with E-state index in [2.05, 4.69) is 57.1 Å². The van der Waals surface area contributed by atoms with E-state index in [1.165, 1.54) is 103 Å². The predicted octanol–water partition coefficient (Wildman–Crippen LogP) is 5.40. The number of unbranched alkanes of at least 4 members (excludes halogenated alkanes) is 12. The summed E-state index contributed by atoms with van der Waals surface area (Å²) < 4.78 is 78.6. The van der Waals surface area contributed by atoms with Crippen LogP contribution < -0.4 is 22.5 Å². The number of nitrogens with one attached hydrogen (secondary N) is 1. The highest BCUT2D eigenvalue weighted by Crippen LogP contribution is 2.53. The summed E-state index contributed by atoms with van der Waals surface area (Å²) >= 11 is 0. The van der Waals surface area contributed by atoms with E-state index in [1.54, 1.807) is 0 Å². The number of anilines is 3. The van der Waals surface area contributed by atoms with Gasteiger partial charge in [-0.15, -0.1) is 0 Å². The van der Waals surface area contributed by atoms with Gasteiger partial charge in [0, 0.05) is 38.6 Å². The quantitative estimate of drug-likeness (QED) is 0.0154. The minimum atomic E-state index is -5.03. The molecule has 2 unspecified atom stereocenters. The number of esters is 1. The first-order chi connectivity index (χ1) is 40.1. The minimum absolute atomic E-state index is 0.00112. The van der Waals surface area contributed by atoms with Crippen LogP contribution in [0.5, 0.6) is 0 Å². The Hall–Kier alpha value is -5.95. The largest absolute Gasteiger partial charge is 0.472 e. The maximum absolute atomic E-state index is 13.9. The number of carbonyl (C=O) groups is 2. The van der Waals surface area contributed by atoms with Crippen LogP contribution in [-0.2, 0) is 55.8 Å². The summed E-state index contributed by atoms with van der Waals surface area (Å²) in [6, 6.07) is 0. The van der Waals surface area contributed by atoms with Gasteiger partial charge < -0.3 is 56.4 Å². The summed E-state index contributed by atoms with van der Waals surface area (Å²) in [6.45, 7) is 1.43. The highest BCUT2D eigenvalue weighted by Gasteiger charge is 2.47. The summed E-state index contributed by atoms with van der Waals surface area (Å²) in [5.74, 6) is -0.184. The van der Waals surface area contributed by atoms with Gasteiger partial charge in [-0.2, -0.15) is 0 Å². The molecule has 11 atom stereocenters. The molecule has 0 spiro atoms. The van der Waals surface area contributed by atoms with Crippen LogP contribution in [0, 0.1) is 0 Å². The molecule has 9 rings (SSSR count). The number of amides is 1. The molecular formula is C50H74N16O15P2. The number of aromatic nitrogens is 12. The van der Waals surface area contributed by atoms with Crippen molar-refractivity contribution in [2.75, 3.05) is 43.6 Å². The Kier molecular flexibility index (Phi) is 21.3. The lowest BCUT2D eigenvalue weighted by molar-refractivity contribution is -0.148. The number of fused-ring (bicyclic) bond motifs is 3. The van der Waals surface area contributed by atoms with E-state index in [1.807, 2.05) is 0 Å². The fourth-order valence-electron chi connectivity index (χ4n) is 10.4. The molecule has 3 saturated heterocycles. The molecule has 0 aromatic carbocycles. The maximum atomic E-state index is 13.9. The van der Waals surface area contributed by atoms with Gasteiger partial charge in [0.2, 0.25) is 5.91 Å². The molecule has 83 heavy (non-hydrogen) atoms. The number of phosphoric ester groups is 2. The van der Waals surface area contributed by atoms with Gasteiger partial charge in [-0.05, 0) is 19.3 Å². The third-order valence-corrected chi connectivity index (χ3v) is 16.7. The molecule has 6 aromatic rings. The van der Waals surface area contributed by atoms with E-state index in [9.17, 15) is 33.6 Å². The Bertz CT molecular complexity index is 3210. The van der Waals surface area contributed by atoms with Crippen molar-refractivity contribution in [1.29, 1.82) is 0 Å². The van der Waals surface area contributed by atoms with Crippen molar-refractivity contribution in [2.24, 2.45) is 0 Å². The first-order valence-electron chi connectivity index (χ1n) is 28.2. The normalized spacial score (nSPS) is 24.2. The van der Waals surface area contributed by atoms with Crippen LogP contribution in [0.1, 0.15) is 148 Å². The first-order valence-corrected chi connectivity index (χ1v) is 31.2. The van der Waals surface area contributed by atoms with E-state index in [0.717, 1.165) is 19.3 Å². The summed E-state index contributed by atoms with van der Waals surface area (Å²) in [6.07, 6.45) is 13.6. The number of hydrogen-bond donors (Lipinski definition) is 7. The number of aliphatic hydroxyl groups excluding tert-OH is 1. The Balaban J connectivity index is 0.757. The smallest absolute Gasteiger partial charge is 0.463 e. The predicted molar refractivity (Wildman–Crippen MR) is 296 cm³/mol. The van der Waals surface area contributed by atoms with Crippen LogP contribution in [0.4, 0.5) is 17.5 Å². The lowest BCUT2D eigenvalue weighted by Crippen LogP contribution is -2.24. The fourth-order valence-corrected chi connectivity index (χ4v) is 12.3. The number of aliphatic hydroxyl groups is 1. The fraction of sp³-hybridized carbons (Fsp3) is 0.660. The van der Waals surface area contributed by atoms with Crippen LogP contribution in [-0.4, -0.2) is 148 Å². The number of nitrogens with two attached hydrogens (primary N) is 3. The average molecular weight is 1200 g/mol. The van der Waals surface area contributed by atoms with Crippen molar-refractivity contribution in [3.05, 3.63) is 38.0 Å². The lowest BCUT2D eigenvalue weighted by atomic mass is 10.1. The standard InChI is InChI=1S/C50H74N16O15P2/c1-2-3-4-5-6-7-8-9-10-11-13-16-37(68)54-18-15-12-14-17-38(69)74-22-32-20-35(49(78-32)65-29-62-40-43(52)56-26-59-46(40)65)80-83(72,73)76-24-33-21-36(50(79-33)66-30-63-41-44(53)57-27-60-47(41)66)81-82(70,71)75-23-31-19-34(67)48(77-31)64-28-61-39-42(51)55-25-58-45(39)64/h25-36,48-50,67H,2-24H2,1H3,(H,54,68)(H,70,71)(H,72,73)(H2,51,55,58)(H2,52,56,59)(H2,53,57,60)/t31-,32-,33-,34+,35+,36+,48+,49+,50+/m0/s1. The Morgan fingerprint density at radius 3 is 1.47 bits per heavy atom. The third-order valence-electron chi connectivity index (χ3n) is 14.6. The van der Waals surface area contributed by atoms with Gasteiger partial charge >= 0.3 is 21.6 Å². The molecule has 3 aliphatic rings. The third kappa shape index (κ3) is 16.3. The maximum Gasteiger partial charge on any atom is 0.472 e. The number of nitrogens with zero attached hydrogens (tertiary/aromatic N) is 12. The van der Waals surface area contributed by atoms with E-state index in [-0.39, 0.29) is 78.0 Å². The molecule has 6 aromatic heterocycles. The van der Waals surface area contributed by atoms with Crippen LogP contribution in [0.25, 0.3) is 33.5 Å². The van der Waals surface area contributed by atoms with Crippen LogP contribution >= 0.6 is 15.6 Å². The van der Waals surface area contributed by atoms with Crippen molar-refractivity contribution in [1.82, 2.24) is 63.9 Å². The summed E-state index contributed by atoms with van der Waals surface area (Å²) in [5.41, 5.74) is 19.5. The Labute approximate surface area is 477 Å². The van der Waals surface area contributed by atoms with Gasteiger partial charge in [0.15, 0.2) is 53.1 Å². The highest BCUT2D eigenvalue weighted by atomic mass is 31.2. The van der Waals surface area contributed by atoms with E-state index in [4.69, 9.17) is 54.2 Å². The molecule has 31 nitrogen and oxygen atoms in total. The van der Waals surface area contributed by atoms with Gasteiger partial charge in [-0.1, -0.05) is 77.6 Å². The number of ether oxygens (including phenoxy) is 4. The molecule has 1 amide bonds. The molecule has 3 aliphatic heterocycles. The first kappa shape index (κ1) is 61.6. The van der Waals surface area contributed by atoms with E-state index >= 15 is 0 Å². The van der Waals surface area contributed by atoms with Crippen molar-refractivity contribution < 1.29 is 70.7 Å². The Morgan fingerprint density at radius 1 is 0.566 bits per heavy atom. The SMILES string of the molecule is CCCCCCCCCCCCCC(=O)NCCCCCC(=O)OC[C@@H]1C[C@@H](OP(=O)(O)OC[C@@H]2C[C@@H](OP(=O)(O)OC[C@@H]3C[C@@H](O)[C@H](n4cnc5c(N)ncnc54)O3)[C@H](n3cnc4c(N)ncnc43)O2)[C@H](n2cnc3c(N)ncnc32)O1. The van der Waals surface area contributed by atoms with Gasteiger partial charge in [0.05, 0.1) is 50.5 Å². The van der Waals surface area contributed by atoms with E-state index < -0.39 is 90.1 Å². The zero-order valence-electron chi connectivity index (χ0n) is 46.2. The Morgan fingerprint density at radius 2 is 0.976 bits per heavy atom. The number of phosphoric acid groups is 2. The zero-order valence-corrected chi connectivity index (χ0v) is 47.9. The van der Waals surface area contributed by atoms with Crippen molar-refractivity contribution >= 4 is 78.5 Å². The molecule has 0 radical (unpaired) electrons. The topological polar surface area (TPSA) is 424 Å². The number of rotatable bonds is 33.